The predicted molar refractivity (Wildman–Crippen MR) is 130 cm³/mol. The van der Waals surface area contributed by atoms with E-state index in [0.29, 0.717) is 18.6 Å². The Kier molecular flexibility index (Phi) is 6.41. The third-order valence-electron chi connectivity index (χ3n) is 6.29. The molecule has 1 aromatic heterocycles. The van der Waals surface area contributed by atoms with Crippen LogP contribution in [0.2, 0.25) is 0 Å². The molecular formula is C24H24IN5O3. The Labute approximate surface area is 205 Å². The van der Waals surface area contributed by atoms with Crippen LogP contribution in [0.4, 0.5) is 0 Å². The molecule has 0 aliphatic carbocycles. The van der Waals surface area contributed by atoms with Gasteiger partial charge in [0.05, 0.1) is 17.7 Å². The van der Waals surface area contributed by atoms with Crippen molar-refractivity contribution >= 4 is 34.5 Å². The van der Waals surface area contributed by atoms with E-state index in [1.54, 1.807) is 11.0 Å². The molecule has 170 valence electrons. The average molecular weight is 557 g/mol. The molecule has 2 aromatic carbocycles. The number of carbonyl (C=O) groups excluding carboxylic acids is 2. The summed E-state index contributed by atoms with van der Waals surface area (Å²) in [5.74, 6) is -0.0533. The van der Waals surface area contributed by atoms with E-state index < -0.39 is 0 Å². The number of hydrogen-bond donors (Lipinski definition) is 0. The van der Waals surface area contributed by atoms with Gasteiger partial charge in [0, 0.05) is 41.9 Å². The maximum atomic E-state index is 12.8. The molecule has 0 atom stereocenters. The first-order valence-corrected chi connectivity index (χ1v) is 12.1. The Morgan fingerprint density at radius 3 is 2.58 bits per heavy atom. The molecule has 8 nitrogen and oxygen atoms in total. The molecule has 5 rings (SSSR count). The molecule has 3 aromatic rings. The average Bonchev–Trinajstić information content (AvgIpc) is 3.50. The first kappa shape index (κ1) is 22.0. The van der Waals surface area contributed by atoms with Crippen LogP contribution in [-0.2, 0) is 29.0 Å². The quantitative estimate of drug-likeness (QED) is 0.343. The van der Waals surface area contributed by atoms with Gasteiger partial charge in [-0.2, -0.15) is 5.10 Å². The van der Waals surface area contributed by atoms with Crippen LogP contribution in [0.1, 0.15) is 27.0 Å². The van der Waals surface area contributed by atoms with E-state index in [1.807, 2.05) is 41.3 Å². The van der Waals surface area contributed by atoms with E-state index in [0.717, 1.165) is 59.5 Å². The van der Waals surface area contributed by atoms with Crippen LogP contribution < -0.4 is 0 Å². The topological polar surface area (TPSA) is 80.6 Å². The fourth-order valence-corrected chi connectivity index (χ4v) is 5.20. The standard InChI is InChI=1S/C24H24IN5O3/c25-23-18(3-6-20-21(23)14-33-24(20)32)7-8-28-9-11-29(12-10-28)22(31)13-17-1-4-19(5-2-17)30-16-26-15-27-30/h1-6,15-16H,7-14H2. The van der Waals surface area contributed by atoms with Gasteiger partial charge in [0.15, 0.2) is 0 Å². The molecule has 0 N–H and O–H groups in total. The van der Waals surface area contributed by atoms with Crippen LogP contribution in [0.5, 0.6) is 0 Å². The monoisotopic (exact) mass is 557 g/mol. The number of piperazine rings is 1. The summed E-state index contributed by atoms with van der Waals surface area (Å²) in [4.78, 5) is 32.8. The van der Waals surface area contributed by atoms with Crippen molar-refractivity contribution in [3.8, 4) is 5.69 Å². The zero-order valence-corrected chi connectivity index (χ0v) is 20.3. The van der Waals surface area contributed by atoms with Gasteiger partial charge in [0.1, 0.15) is 19.3 Å². The zero-order chi connectivity index (χ0) is 22.8. The Balaban J connectivity index is 1.10. The third kappa shape index (κ3) is 4.79. The van der Waals surface area contributed by atoms with Crippen molar-refractivity contribution in [2.75, 3.05) is 32.7 Å². The lowest BCUT2D eigenvalue weighted by atomic mass is 10.0. The van der Waals surface area contributed by atoms with Crippen LogP contribution in [0.25, 0.3) is 5.69 Å². The zero-order valence-electron chi connectivity index (χ0n) is 18.1. The molecule has 0 spiro atoms. The van der Waals surface area contributed by atoms with Crippen LogP contribution >= 0.6 is 22.6 Å². The first-order valence-electron chi connectivity index (χ1n) is 11.0. The SMILES string of the molecule is O=C1OCc2c1ccc(CCN1CCN(C(=O)Cc3ccc(-n4cncn4)cc3)CC1)c2I. The van der Waals surface area contributed by atoms with E-state index in [9.17, 15) is 9.59 Å². The minimum Gasteiger partial charge on any atom is -0.457 e. The van der Waals surface area contributed by atoms with Crippen LogP contribution in [-0.4, -0.2) is 69.2 Å². The highest BCUT2D eigenvalue weighted by atomic mass is 127. The molecule has 9 heteroatoms. The molecule has 3 heterocycles. The third-order valence-corrected chi connectivity index (χ3v) is 7.63. The Morgan fingerprint density at radius 2 is 1.85 bits per heavy atom. The molecule has 33 heavy (non-hydrogen) atoms. The van der Waals surface area contributed by atoms with Gasteiger partial charge in [-0.25, -0.2) is 14.5 Å². The maximum absolute atomic E-state index is 12.8. The van der Waals surface area contributed by atoms with Gasteiger partial charge in [-0.1, -0.05) is 18.2 Å². The summed E-state index contributed by atoms with van der Waals surface area (Å²) >= 11 is 2.33. The normalized spacial score (nSPS) is 16.0. The smallest absolute Gasteiger partial charge is 0.338 e. The number of carbonyl (C=O) groups is 2. The number of nitrogens with zero attached hydrogens (tertiary/aromatic N) is 5. The van der Waals surface area contributed by atoms with Crippen molar-refractivity contribution in [1.29, 1.82) is 0 Å². The molecule has 0 bridgehead atoms. The molecule has 1 fully saturated rings. The fraction of sp³-hybridized carbons (Fsp3) is 0.333. The summed E-state index contributed by atoms with van der Waals surface area (Å²) in [6, 6.07) is 11.8. The lowest BCUT2D eigenvalue weighted by molar-refractivity contribution is -0.132. The fourth-order valence-electron chi connectivity index (χ4n) is 4.30. The maximum Gasteiger partial charge on any atom is 0.338 e. The van der Waals surface area contributed by atoms with E-state index >= 15 is 0 Å². The number of cyclic esters (lactones) is 1. The highest BCUT2D eigenvalue weighted by Gasteiger charge is 2.25. The van der Waals surface area contributed by atoms with E-state index in [2.05, 4.69) is 37.6 Å². The summed E-state index contributed by atoms with van der Waals surface area (Å²) < 4.78 is 7.99. The van der Waals surface area contributed by atoms with Crippen molar-refractivity contribution in [2.24, 2.45) is 0 Å². The summed E-state index contributed by atoms with van der Waals surface area (Å²) in [5.41, 5.74) is 4.89. The molecule has 0 unspecified atom stereocenters. The van der Waals surface area contributed by atoms with Gasteiger partial charge in [-0.05, 0) is 58.3 Å². The van der Waals surface area contributed by atoms with Crippen molar-refractivity contribution in [3.63, 3.8) is 0 Å². The predicted octanol–water partition coefficient (Wildman–Crippen LogP) is 2.47. The van der Waals surface area contributed by atoms with E-state index in [1.165, 1.54) is 11.9 Å². The molecule has 1 amide bonds. The minimum atomic E-state index is -0.221. The number of amides is 1. The number of benzene rings is 2. The van der Waals surface area contributed by atoms with Gasteiger partial charge < -0.3 is 9.64 Å². The molecular weight excluding hydrogens is 533 g/mol. The number of ether oxygens (including phenoxy) is 1. The van der Waals surface area contributed by atoms with Gasteiger partial charge in [0.25, 0.3) is 0 Å². The molecule has 2 aliphatic heterocycles. The number of aromatic nitrogens is 3. The lowest BCUT2D eigenvalue weighted by Gasteiger charge is -2.35. The van der Waals surface area contributed by atoms with E-state index in [-0.39, 0.29) is 11.9 Å². The van der Waals surface area contributed by atoms with Crippen molar-refractivity contribution in [2.45, 2.75) is 19.4 Å². The van der Waals surface area contributed by atoms with Crippen LogP contribution in [0.3, 0.4) is 0 Å². The van der Waals surface area contributed by atoms with Gasteiger partial charge >= 0.3 is 5.97 Å². The van der Waals surface area contributed by atoms with Crippen molar-refractivity contribution < 1.29 is 14.3 Å². The molecule has 1 saturated heterocycles. The summed E-state index contributed by atoms with van der Waals surface area (Å²) in [5, 5.41) is 4.12. The highest BCUT2D eigenvalue weighted by Crippen LogP contribution is 2.28. The lowest BCUT2D eigenvalue weighted by Crippen LogP contribution is -2.49. The summed E-state index contributed by atoms with van der Waals surface area (Å²) in [7, 11) is 0. The second kappa shape index (κ2) is 9.60. The number of hydrogen-bond acceptors (Lipinski definition) is 6. The molecule has 2 aliphatic rings. The number of halogens is 1. The Hall–Kier alpha value is -2.79. The summed E-state index contributed by atoms with van der Waals surface area (Å²) in [6.07, 6.45) is 4.48. The van der Waals surface area contributed by atoms with Crippen molar-refractivity contribution in [3.05, 3.63) is 74.9 Å². The van der Waals surface area contributed by atoms with E-state index in [4.69, 9.17) is 4.74 Å². The van der Waals surface area contributed by atoms with Gasteiger partial charge in [-0.3, -0.25) is 9.69 Å². The Morgan fingerprint density at radius 1 is 1.06 bits per heavy atom. The van der Waals surface area contributed by atoms with Crippen LogP contribution in [0.15, 0.2) is 49.1 Å². The second-order valence-electron chi connectivity index (χ2n) is 8.30. The molecule has 0 radical (unpaired) electrons. The molecule has 0 saturated carbocycles. The number of fused-ring (bicyclic) bond motifs is 1. The van der Waals surface area contributed by atoms with Gasteiger partial charge in [0.2, 0.25) is 5.91 Å². The summed E-state index contributed by atoms with van der Waals surface area (Å²) in [6.45, 7) is 4.57. The largest absolute Gasteiger partial charge is 0.457 e. The van der Waals surface area contributed by atoms with Crippen LogP contribution in [0, 0.1) is 3.57 Å². The van der Waals surface area contributed by atoms with Crippen molar-refractivity contribution in [1.82, 2.24) is 24.6 Å². The number of esters is 1. The highest BCUT2D eigenvalue weighted by molar-refractivity contribution is 14.1. The number of rotatable bonds is 6. The minimum absolute atomic E-state index is 0.168. The van der Waals surface area contributed by atoms with Gasteiger partial charge in [-0.15, -0.1) is 0 Å². The first-order chi connectivity index (χ1) is 16.1. The Bertz CT molecular complexity index is 1160. The second-order valence-corrected chi connectivity index (χ2v) is 9.38.